The van der Waals surface area contributed by atoms with E-state index in [9.17, 15) is 13.6 Å². The summed E-state index contributed by atoms with van der Waals surface area (Å²) in [5.41, 5.74) is 2.14. The standard InChI is InChI=1S/C22H18F2N2O2S/c23-17-8-6-15(7-9-17)13-26(22(27)21-5-2-10-29-21)14-19-12-20(25-28-19)16-3-1-4-18(24)11-16/h1-11,19H,12-14H2. The zero-order valence-electron chi connectivity index (χ0n) is 15.4. The second-order valence-electron chi connectivity index (χ2n) is 6.77. The van der Waals surface area contributed by atoms with Crippen molar-refractivity contribution in [2.75, 3.05) is 6.54 Å². The predicted octanol–water partition coefficient (Wildman–Crippen LogP) is 4.86. The van der Waals surface area contributed by atoms with Crippen molar-refractivity contribution in [3.63, 3.8) is 0 Å². The van der Waals surface area contributed by atoms with Crippen LogP contribution in [0.4, 0.5) is 8.78 Å². The fraction of sp³-hybridized carbons (Fsp3) is 0.182. The smallest absolute Gasteiger partial charge is 0.264 e. The van der Waals surface area contributed by atoms with Crippen molar-refractivity contribution in [2.45, 2.75) is 19.1 Å². The topological polar surface area (TPSA) is 41.9 Å². The number of carbonyl (C=O) groups excluding carboxylic acids is 1. The number of hydrogen-bond donors (Lipinski definition) is 0. The molecule has 1 aliphatic heterocycles. The molecule has 2 aromatic carbocycles. The molecule has 0 saturated heterocycles. The maximum Gasteiger partial charge on any atom is 0.264 e. The summed E-state index contributed by atoms with van der Waals surface area (Å²) in [4.78, 5) is 20.8. The Morgan fingerprint density at radius 3 is 2.66 bits per heavy atom. The predicted molar refractivity (Wildman–Crippen MR) is 108 cm³/mol. The molecule has 1 unspecified atom stereocenters. The highest BCUT2D eigenvalue weighted by Crippen LogP contribution is 2.21. The number of thiophene rings is 1. The van der Waals surface area contributed by atoms with E-state index in [2.05, 4.69) is 5.16 Å². The molecule has 1 atom stereocenters. The van der Waals surface area contributed by atoms with E-state index >= 15 is 0 Å². The number of benzene rings is 2. The minimum Gasteiger partial charge on any atom is -0.390 e. The van der Waals surface area contributed by atoms with Gasteiger partial charge in [-0.05, 0) is 41.3 Å². The Bertz CT molecular complexity index is 1020. The number of rotatable bonds is 6. The maximum absolute atomic E-state index is 13.5. The summed E-state index contributed by atoms with van der Waals surface area (Å²) in [6.45, 7) is 0.641. The van der Waals surface area contributed by atoms with E-state index in [-0.39, 0.29) is 23.6 Å². The minimum atomic E-state index is -0.336. The monoisotopic (exact) mass is 412 g/mol. The van der Waals surface area contributed by atoms with E-state index in [1.54, 1.807) is 35.2 Å². The van der Waals surface area contributed by atoms with Crippen LogP contribution in [-0.4, -0.2) is 29.2 Å². The molecule has 0 spiro atoms. The highest BCUT2D eigenvalue weighted by Gasteiger charge is 2.28. The fourth-order valence-electron chi connectivity index (χ4n) is 3.20. The molecule has 4 rings (SSSR count). The second-order valence-corrected chi connectivity index (χ2v) is 7.72. The van der Waals surface area contributed by atoms with Gasteiger partial charge in [0.2, 0.25) is 0 Å². The van der Waals surface area contributed by atoms with Crippen LogP contribution in [0, 0.1) is 11.6 Å². The quantitative estimate of drug-likeness (QED) is 0.580. The average Bonchev–Trinajstić information content (AvgIpc) is 3.41. The van der Waals surface area contributed by atoms with Crippen molar-refractivity contribution in [1.82, 2.24) is 4.90 Å². The normalized spacial score (nSPS) is 15.7. The summed E-state index contributed by atoms with van der Waals surface area (Å²) < 4.78 is 26.7. The Kier molecular flexibility index (Phi) is 5.67. The van der Waals surface area contributed by atoms with Crippen LogP contribution in [0.25, 0.3) is 0 Å². The van der Waals surface area contributed by atoms with Crippen molar-refractivity contribution < 1.29 is 18.4 Å². The van der Waals surface area contributed by atoms with Gasteiger partial charge in [0.15, 0.2) is 6.10 Å². The lowest BCUT2D eigenvalue weighted by atomic mass is 10.0. The minimum absolute atomic E-state index is 0.118. The first kappa shape index (κ1) is 19.3. The summed E-state index contributed by atoms with van der Waals surface area (Å²) in [6, 6.07) is 15.9. The van der Waals surface area contributed by atoms with Gasteiger partial charge in [-0.15, -0.1) is 11.3 Å². The largest absolute Gasteiger partial charge is 0.390 e. The number of amides is 1. The zero-order valence-corrected chi connectivity index (χ0v) is 16.2. The van der Waals surface area contributed by atoms with Crippen LogP contribution in [0.5, 0.6) is 0 Å². The van der Waals surface area contributed by atoms with Crippen molar-refractivity contribution in [1.29, 1.82) is 0 Å². The molecular weight excluding hydrogens is 394 g/mol. The van der Waals surface area contributed by atoms with Gasteiger partial charge in [0.05, 0.1) is 17.1 Å². The molecule has 0 aliphatic carbocycles. The van der Waals surface area contributed by atoms with Crippen LogP contribution >= 0.6 is 11.3 Å². The van der Waals surface area contributed by atoms with Crippen LogP contribution < -0.4 is 0 Å². The Morgan fingerprint density at radius 1 is 1.10 bits per heavy atom. The number of carbonyl (C=O) groups is 1. The Hall–Kier alpha value is -3.06. The molecule has 0 N–H and O–H groups in total. The first-order chi connectivity index (χ1) is 14.1. The highest BCUT2D eigenvalue weighted by molar-refractivity contribution is 7.12. The van der Waals surface area contributed by atoms with Crippen LogP contribution in [0.15, 0.2) is 71.2 Å². The lowest BCUT2D eigenvalue weighted by Gasteiger charge is -2.24. The van der Waals surface area contributed by atoms with E-state index in [0.29, 0.717) is 35.7 Å². The van der Waals surface area contributed by atoms with Gasteiger partial charge in [0.25, 0.3) is 5.91 Å². The summed E-state index contributed by atoms with van der Waals surface area (Å²) in [5.74, 6) is -0.774. The summed E-state index contributed by atoms with van der Waals surface area (Å²) in [6.07, 6.45) is 0.138. The SMILES string of the molecule is O=C(c1cccs1)N(Cc1ccc(F)cc1)CC1CC(c2cccc(F)c2)=NO1. The Labute approximate surface area is 171 Å². The molecule has 7 heteroatoms. The molecule has 29 heavy (non-hydrogen) atoms. The van der Waals surface area contributed by atoms with Gasteiger partial charge in [-0.1, -0.05) is 35.5 Å². The molecule has 3 aromatic rings. The fourth-order valence-corrected chi connectivity index (χ4v) is 3.89. The van der Waals surface area contributed by atoms with Gasteiger partial charge in [0.1, 0.15) is 11.6 Å². The first-order valence-corrected chi connectivity index (χ1v) is 10.0. The molecular formula is C22H18F2N2O2S. The van der Waals surface area contributed by atoms with Crippen LogP contribution in [0.2, 0.25) is 0 Å². The van der Waals surface area contributed by atoms with Crippen LogP contribution in [0.3, 0.4) is 0 Å². The van der Waals surface area contributed by atoms with Gasteiger partial charge in [-0.3, -0.25) is 4.79 Å². The summed E-state index contributed by atoms with van der Waals surface area (Å²) in [5, 5.41) is 5.94. The highest BCUT2D eigenvalue weighted by atomic mass is 32.1. The molecule has 1 amide bonds. The maximum atomic E-state index is 13.5. The van der Waals surface area contributed by atoms with Crippen molar-refractivity contribution >= 4 is 23.0 Å². The molecule has 0 saturated carbocycles. The molecule has 148 valence electrons. The molecule has 1 aromatic heterocycles. The molecule has 2 heterocycles. The number of hydrogen-bond acceptors (Lipinski definition) is 4. The van der Waals surface area contributed by atoms with Gasteiger partial charge in [-0.25, -0.2) is 8.78 Å². The van der Waals surface area contributed by atoms with E-state index in [0.717, 1.165) is 5.56 Å². The number of nitrogens with zero attached hydrogens (tertiary/aromatic N) is 2. The van der Waals surface area contributed by atoms with Crippen LogP contribution in [0.1, 0.15) is 27.2 Å². The molecule has 0 radical (unpaired) electrons. The van der Waals surface area contributed by atoms with E-state index < -0.39 is 0 Å². The van der Waals surface area contributed by atoms with Crippen molar-refractivity contribution in [3.8, 4) is 0 Å². The van der Waals surface area contributed by atoms with E-state index in [1.807, 2.05) is 11.4 Å². The summed E-state index contributed by atoms with van der Waals surface area (Å²) >= 11 is 1.37. The van der Waals surface area contributed by atoms with Gasteiger partial charge in [-0.2, -0.15) is 0 Å². The molecule has 0 bridgehead atoms. The second kappa shape index (κ2) is 8.53. The van der Waals surface area contributed by atoms with Crippen LogP contribution in [-0.2, 0) is 11.4 Å². The molecule has 1 aliphatic rings. The van der Waals surface area contributed by atoms with Gasteiger partial charge in [0, 0.05) is 18.5 Å². The average molecular weight is 412 g/mol. The third kappa shape index (κ3) is 4.68. The zero-order chi connectivity index (χ0) is 20.2. The van der Waals surface area contributed by atoms with Gasteiger partial charge >= 0.3 is 0 Å². The third-order valence-corrected chi connectivity index (χ3v) is 5.48. The lowest BCUT2D eigenvalue weighted by molar-refractivity contribution is 0.0408. The van der Waals surface area contributed by atoms with Crippen molar-refractivity contribution in [3.05, 3.63) is 93.7 Å². The van der Waals surface area contributed by atoms with Gasteiger partial charge < -0.3 is 9.74 Å². The summed E-state index contributed by atoms with van der Waals surface area (Å²) in [7, 11) is 0. The first-order valence-electron chi connectivity index (χ1n) is 9.14. The lowest BCUT2D eigenvalue weighted by Crippen LogP contribution is -2.37. The van der Waals surface area contributed by atoms with E-state index in [4.69, 9.17) is 4.84 Å². The van der Waals surface area contributed by atoms with E-state index in [1.165, 1.54) is 35.6 Å². The third-order valence-electron chi connectivity index (χ3n) is 4.62. The Morgan fingerprint density at radius 2 is 1.93 bits per heavy atom. The molecule has 4 nitrogen and oxygen atoms in total. The molecule has 0 fully saturated rings. The number of halogens is 2. The Balaban J connectivity index is 1.48. The van der Waals surface area contributed by atoms with Crippen molar-refractivity contribution in [2.24, 2.45) is 5.16 Å². The number of oxime groups is 1.